The lowest BCUT2D eigenvalue weighted by Gasteiger charge is -2.03. The Morgan fingerprint density at radius 2 is 2.40 bits per heavy atom. The van der Waals surface area contributed by atoms with Gasteiger partial charge in [0.05, 0.1) is 14.2 Å². The van der Waals surface area contributed by atoms with Crippen LogP contribution in [0.2, 0.25) is 0 Å². The molecule has 1 aromatic heterocycles. The van der Waals surface area contributed by atoms with Gasteiger partial charge in [-0.1, -0.05) is 0 Å². The average Bonchev–Trinajstić information content (AvgIpc) is 2.29. The molecule has 1 aromatic rings. The van der Waals surface area contributed by atoms with Gasteiger partial charge in [-0.2, -0.15) is 5.26 Å². The highest BCUT2D eigenvalue weighted by atomic mass is 16.6. The molecule has 0 radical (unpaired) electrons. The molecule has 1 rings (SSSR count). The highest BCUT2D eigenvalue weighted by Crippen LogP contribution is 2.24. The fraction of sp³-hybridized carbons (Fsp3) is 0.222. The smallest absolute Gasteiger partial charge is 0.175 e. The first kappa shape index (κ1) is 10.9. The van der Waals surface area contributed by atoms with Crippen LogP contribution in [0.3, 0.4) is 0 Å². The van der Waals surface area contributed by atoms with Crippen LogP contribution in [0.15, 0.2) is 17.3 Å². The van der Waals surface area contributed by atoms with E-state index < -0.39 is 0 Å². The number of hydroxylamine groups is 1. The predicted molar refractivity (Wildman–Crippen MR) is 53.8 cm³/mol. The van der Waals surface area contributed by atoms with Crippen LogP contribution in [0, 0.1) is 11.3 Å². The van der Waals surface area contributed by atoms with Gasteiger partial charge in [-0.25, -0.2) is 9.98 Å². The third-order valence-electron chi connectivity index (χ3n) is 1.58. The Morgan fingerprint density at radius 3 is 3.00 bits per heavy atom. The van der Waals surface area contributed by atoms with Crippen LogP contribution in [0.5, 0.6) is 5.75 Å². The summed E-state index contributed by atoms with van der Waals surface area (Å²) in [6.45, 7) is 0. The molecule has 6 nitrogen and oxygen atoms in total. The molecule has 0 aliphatic rings. The van der Waals surface area contributed by atoms with E-state index in [1.807, 2.05) is 6.07 Å². The minimum absolute atomic E-state index is 0.279. The van der Waals surface area contributed by atoms with Crippen LogP contribution in [-0.2, 0) is 4.84 Å². The number of aromatic nitrogens is 1. The van der Waals surface area contributed by atoms with Crippen LogP contribution >= 0.6 is 0 Å². The van der Waals surface area contributed by atoms with E-state index in [1.54, 1.807) is 6.07 Å². The average molecular weight is 206 g/mol. The number of methoxy groups -OCH3 is 1. The number of rotatable bonds is 4. The van der Waals surface area contributed by atoms with Crippen molar-refractivity contribution in [3.8, 4) is 11.8 Å². The number of nitriles is 1. The molecule has 0 fully saturated rings. The highest BCUT2D eigenvalue weighted by Gasteiger charge is 2.07. The maximum absolute atomic E-state index is 8.89. The number of hydrogen-bond donors (Lipinski definition) is 1. The van der Waals surface area contributed by atoms with Gasteiger partial charge in [0.15, 0.2) is 5.82 Å². The van der Waals surface area contributed by atoms with Crippen molar-refractivity contribution in [1.82, 2.24) is 10.5 Å². The molecule has 0 saturated carbocycles. The minimum atomic E-state index is 0.279. The molecular formula is C9H10N4O2. The minimum Gasteiger partial charge on any atom is -0.495 e. The number of aliphatic imine (C=N–C) groups is 1. The fourth-order valence-corrected chi connectivity index (χ4v) is 0.947. The van der Waals surface area contributed by atoms with Crippen molar-refractivity contribution in [2.75, 3.05) is 14.2 Å². The van der Waals surface area contributed by atoms with Gasteiger partial charge in [-0.3, -0.25) is 10.3 Å². The molecule has 0 saturated heterocycles. The summed E-state index contributed by atoms with van der Waals surface area (Å²) in [5.74, 6) is 0.721. The third-order valence-corrected chi connectivity index (χ3v) is 1.58. The standard InChI is InChI=1S/C9H10N4O2/c1-14-8-3-4-11-9(7(8)5-10)12-6-13-15-2/h3-4,6H,1-2H3,(H,11,12,13). The number of nitrogens with one attached hydrogen (secondary N) is 1. The zero-order valence-electron chi connectivity index (χ0n) is 8.39. The summed E-state index contributed by atoms with van der Waals surface area (Å²) in [4.78, 5) is 12.4. The molecule has 0 aromatic carbocycles. The number of hydrogen-bond acceptors (Lipinski definition) is 5. The van der Waals surface area contributed by atoms with Crippen molar-refractivity contribution in [2.24, 2.45) is 4.99 Å². The van der Waals surface area contributed by atoms with E-state index in [0.717, 1.165) is 0 Å². The fourth-order valence-electron chi connectivity index (χ4n) is 0.947. The molecule has 1 heterocycles. The van der Waals surface area contributed by atoms with Gasteiger partial charge in [0.2, 0.25) is 0 Å². The molecule has 0 unspecified atom stereocenters. The topological polar surface area (TPSA) is 79.5 Å². The number of nitrogens with zero attached hydrogens (tertiary/aromatic N) is 3. The van der Waals surface area contributed by atoms with E-state index in [0.29, 0.717) is 5.75 Å². The van der Waals surface area contributed by atoms with E-state index >= 15 is 0 Å². The van der Waals surface area contributed by atoms with Gasteiger partial charge in [0.25, 0.3) is 0 Å². The van der Waals surface area contributed by atoms with Crippen molar-refractivity contribution >= 4 is 12.2 Å². The van der Waals surface area contributed by atoms with Gasteiger partial charge in [0.1, 0.15) is 23.7 Å². The van der Waals surface area contributed by atoms with Crippen LogP contribution in [0.25, 0.3) is 0 Å². The van der Waals surface area contributed by atoms with E-state index in [4.69, 9.17) is 10.00 Å². The molecule has 0 aliphatic carbocycles. The van der Waals surface area contributed by atoms with E-state index in [1.165, 1.54) is 26.8 Å². The highest BCUT2D eigenvalue weighted by molar-refractivity contribution is 5.64. The molecule has 0 aliphatic heterocycles. The van der Waals surface area contributed by atoms with Crippen LogP contribution in [0.4, 0.5) is 5.82 Å². The molecule has 15 heavy (non-hydrogen) atoms. The summed E-state index contributed by atoms with van der Waals surface area (Å²) in [5, 5.41) is 8.89. The quantitative estimate of drug-likeness (QED) is 0.447. The summed E-state index contributed by atoms with van der Waals surface area (Å²) in [6, 6.07) is 3.57. The van der Waals surface area contributed by atoms with Gasteiger partial charge in [0, 0.05) is 6.20 Å². The second kappa shape index (κ2) is 5.57. The summed E-state index contributed by atoms with van der Waals surface area (Å²) >= 11 is 0. The maximum atomic E-state index is 8.89. The first-order chi connectivity index (χ1) is 7.33. The molecular weight excluding hydrogens is 196 g/mol. The first-order valence-electron chi connectivity index (χ1n) is 4.07. The Morgan fingerprint density at radius 1 is 1.60 bits per heavy atom. The van der Waals surface area contributed by atoms with Crippen LogP contribution in [-0.4, -0.2) is 25.5 Å². The third kappa shape index (κ3) is 2.65. The predicted octanol–water partition coefficient (Wildman–Crippen LogP) is 0.773. The van der Waals surface area contributed by atoms with E-state index in [9.17, 15) is 0 Å². The Hall–Kier alpha value is -2.13. The summed E-state index contributed by atoms with van der Waals surface area (Å²) in [7, 11) is 2.94. The summed E-state index contributed by atoms with van der Waals surface area (Å²) in [5.41, 5.74) is 2.69. The SMILES string of the molecule is CONC=Nc1nccc(OC)c1C#N. The second-order valence-electron chi connectivity index (χ2n) is 2.40. The van der Waals surface area contributed by atoms with Gasteiger partial charge in [-0.15, -0.1) is 0 Å². The first-order valence-corrected chi connectivity index (χ1v) is 4.07. The van der Waals surface area contributed by atoms with Crippen molar-refractivity contribution in [1.29, 1.82) is 5.26 Å². The normalized spacial score (nSPS) is 9.93. The van der Waals surface area contributed by atoms with Crippen molar-refractivity contribution in [2.45, 2.75) is 0 Å². The van der Waals surface area contributed by atoms with Gasteiger partial charge < -0.3 is 4.74 Å². The molecule has 0 bridgehead atoms. The molecule has 78 valence electrons. The summed E-state index contributed by atoms with van der Waals surface area (Å²) in [6.07, 6.45) is 2.81. The monoisotopic (exact) mass is 206 g/mol. The lowest BCUT2D eigenvalue weighted by atomic mass is 10.2. The van der Waals surface area contributed by atoms with Gasteiger partial charge >= 0.3 is 0 Å². The van der Waals surface area contributed by atoms with Crippen LogP contribution < -0.4 is 10.2 Å². The molecule has 6 heteroatoms. The Balaban J connectivity index is 3.02. The van der Waals surface area contributed by atoms with Crippen molar-refractivity contribution in [3.05, 3.63) is 17.8 Å². The molecule has 0 spiro atoms. The Kier molecular flexibility index (Phi) is 4.06. The second-order valence-corrected chi connectivity index (χ2v) is 2.40. The summed E-state index contributed by atoms with van der Waals surface area (Å²) < 4.78 is 5.00. The molecule has 0 atom stereocenters. The largest absolute Gasteiger partial charge is 0.495 e. The Bertz CT molecular complexity index is 398. The van der Waals surface area contributed by atoms with Crippen LogP contribution in [0.1, 0.15) is 5.56 Å². The van der Waals surface area contributed by atoms with Gasteiger partial charge in [-0.05, 0) is 6.07 Å². The zero-order chi connectivity index (χ0) is 11.1. The zero-order valence-corrected chi connectivity index (χ0v) is 8.39. The van der Waals surface area contributed by atoms with Crippen molar-refractivity contribution in [3.63, 3.8) is 0 Å². The molecule has 0 amide bonds. The van der Waals surface area contributed by atoms with Crippen molar-refractivity contribution < 1.29 is 9.57 Å². The number of pyridine rings is 1. The lowest BCUT2D eigenvalue weighted by Crippen LogP contribution is -2.07. The van der Waals surface area contributed by atoms with E-state index in [-0.39, 0.29) is 11.4 Å². The maximum Gasteiger partial charge on any atom is 0.175 e. The van der Waals surface area contributed by atoms with E-state index in [2.05, 4.69) is 20.3 Å². The Labute approximate surface area is 87.1 Å². The number of ether oxygens (including phenoxy) is 1. The lowest BCUT2D eigenvalue weighted by molar-refractivity contribution is 0.148. The molecule has 1 N–H and O–H groups in total.